The second-order valence-corrected chi connectivity index (χ2v) is 7.83. The van der Waals surface area contributed by atoms with Gasteiger partial charge in [-0.05, 0) is 49.9 Å². The summed E-state index contributed by atoms with van der Waals surface area (Å²) in [5.74, 6) is -1.01. The van der Waals surface area contributed by atoms with Gasteiger partial charge in [0.1, 0.15) is 0 Å². The second-order valence-electron chi connectivity index (χ2n) is 5.32. The van der Waals surface area contributed by atoms with E-state index in [4.69, 9.17) is 9.47 Å². The maximum atomic E-state index is 10.7. The number of thiophene rings is 2. The molecule has 0 spiro atoms. The van der Waals surface area contributed by atoms with Crippen molar-refractivity contribution in [1.82, 2.24) is 0 Å². The van der Waals surface area contributed by atoms with Crippen LogP contribution in [0.2, 0.25) is 0 Å². The highest BCUT2D eigenvalue weighted by atomic mass is 32.1. The lowest BCUT2D eigenvalue weighted by Crippen LogP contribution is -2.22. The van der Waals surface area contributed by atoms with Crippen molar-refractivity contribution in [2.24, 2.45) is 0 Å². The minimum Gasteiger partial charge on any atom is -0.550 e. The van der Waals surface area contributed by atoms with Crippen molar-refractivity contribution in [3.8, 4) is 9.75 Å². The van der Waals surface area contributed by atoms with Crippen molar-refractivity contribution in [3.05, 3.63) is 33.0 Å². The first kappa shape index (κ1) is 18.1. The summed E-state index contributed by atoms with van der Waals surface area (Å²) in [6.45, 7) is 5.88. The van der Waals surface area contributed by atoms with E-state index in [-0.39, 0.29) is 6.42 Å². The van der Waals surface area contributed by atoms with Crippen LogP contribution < -0.4 is 5.11 Å². The van der Waals surface area contributed by atoms with Gasteiger partial charge in [-0.1, -0.05) is 0 Å². The summed E-state index contributed by atoms with van der Waals surface area (Å²) < 4.78 is 10.6. The number of aliphatic carboxylic acids is 1. The molecule has 0 saturated carbocycles. The van der Waals surface area contributed by atoms with Crippen LogP contribution in [0, 0.1) is 13.8 Å². The van der Waals surface area contributed by atoms with Gasteiger partial charge in [0.25, 0.3) is 0 Å². The molecule has 23 heavy (non-hydrogen) atoms. The fourth-order valence-corrected chi connectivity index (χ4v) is 4.53. The average molecular weight is 353 g/mol. The summed E-state index contributed by atoms with van der Waals surface area (Å²) in [5, 5.41) is 10.7. The molecule has 0 aliphatic rings. The van der Waals surface area contributed by atoms with Crippen LogP contribution in [0.25, 0.3) is 9.75 Å². The number of carbonyl (C=O) groups excluding carboxylic acids is 1. The van der Waals surface area contributed by atoms with E-state index in [9.17, 15) is 9.90 Å². The molecule has 0 N–H and O–H groups in total. The highest BCUT2D eigenvalue weighted by Gasteiger charge is 2.14. The molecule has 0 aliphatic heterocycles. The molecule has 126 valence electrons. The van der Waals surface area contributed by atoms with Gasteiger partial charge in [-0.3, -0.25) is 0 Å². The van der Waals surface area contributed by atoms with Crippen molar-refractivity contribution in [2.45, 2.75) is 33.3 Å². The molecule has 0 radical (unpaired) electrons. The highest BCUT2D eigenvalue weighted by molar-refractivity contribution is 7.22. The van der Waals surface area contributed by atoms with E-state index in [2.05, 4.69) is 19.1 Å². The van der Waals surface area contributed by atoms with Crippen molar-refractivity contribution in [3.63, 3.8) is 0 Å². The maximum absolute atomic E-state index is 10.7. The van der Waals surface area contributed by atoms with E-state index in [1.54, 1.807) is 29.8 Å². The van der Waals surface area contributed by atoms with Crippen LogP contribution in [0.1, 0.15) is 27.3 Å². The number of carboxylic acids is 1. The van der Waals surface area contributed by atoms with Crippen LogP contribution in [0.3, 0.4) is 0 Å². The van der Waals surface area contributed by atoms with Crippen LogP contribution in [0.4, 0.5) is 0 Å². The lowest BCUT2D eigenvalue weighted by atomic mass is 10.1. The lowest BCUT2D eigenvalue weighted by Gasteiger charge is -2.03. The third-order valence-corrected chi connectivity index (χ3v) is 5.83. The molecule has 6 heteroatoms. The van der Waals surface area contributed by atoms with Gasteiger partial charge in [0.15, 0.2) is 0 Å². The molecule has 2 heterocycles. The number of rotatable bonds is 9. The largest absolute Gasteiger partial charge is 0.550 e. The summed E-state index contributed by atoms with van der Waals surface area (Å²) in [5.41, 5.74) is 2.27. The Labute approximate surface area is 144 Å². The molecule has 0 saturated heterocycles. The third-order valence-electron chi connectivity index (χ3n) is 3.46. The van der Waals surface area contributed by atoms with E-state index in [1.165, 1.54) is 25.1 Å². The summed E-state index contributed by atoms with van der Waals surface area (Å²) in [7, 11) is 1.66. The Kier molecular flexibility index (Phi) is 6.77. The second kappa shape index (κ2) is 8.59. The van der Waals surface area contributed by atoms with Gasteiger partial charge < -0.3 is 19.4 Å². The van der Waals surface area contributed by atoms with E-state index >= 15 is 0 Å². The normalized spacial score (nSPS) is 11.1. The SMILES string of the molecule is COCCOCc1cc(-c2sc(C)cc2CCC(=O)[O-])sc1C. The zero-order valence-corrected chi connectivity index (χ0v) is 15.3. The minimum atomic E-state index is -1.01. The number of ether oxygens (including phenoxy) is 2. The Morgan fingerprint density at radius 2 is 1.96 bits per heavy atom. The van der Waals surface area contributed by atoms with Crippen LogP contribution >= 0.6 is 22.7 Å². The third kappa shape index (κ3) is 5.14. The fraction of sp³-hybridized carbons (Fsp3) is 0.471. The summed E-state index contributed by atoms with van der Waals surface area (Å²) in [4.78, 5) is 15.5. The minimum absolute atomic E-state index is 0.0561. The smallest absolute Gasteiger partial charge is 0.0728 e. The predicted molar refractivity (Wildman–Crippen MR) is 92.0 cm³/mol. The molecular formula is C17H21O4S2-. The van der Waals surface area contributed by atoms with Gasteiger partial charge in [-0.2, -0.15) is 0 Å². The lowest BCUT2D eigenvalue weighted by molar-refractivity contribution is -0.305. The first-order valence-electron chi connectivity index (χ1n) is 7.46. The molecule has 0 fully saturated rings. The molecule has 0 bridgehead atoms. The molecule has 0 atom stereocenters. The number of aryl methyl sites for hydroxylation is 3. The molecule has 0 amide bonds. The standard InChI is InChI=1S/C17H22O4S2/c1-11-8-13(4-5-16(18)19)17(22-11)15-9-14(12(2)23-15)10-21-7-6-20-3/h8-9H,4-7,10H2,1-3H3,(H,18,19)/p-1. The first-order valence-corrected chi connectivity index (χ1v) is 9.10. The number of hydrogen-bond acceptors (Lipinski definition) is 6. The van der Waals surface area contributed by atoms with E-state index in [0.717, 1.165) is 5.56 Å². The van der Waals surface area contributed by atoms with Crippen molar-refractivity contribution < 1.29 is 19.4 Å². The van der Waals surface area contributed by atoms with Gasteiger partial charge >= 0.3 is 0 Å². The predicted octanol–water partition coefficient (Wildman–Crippen LogP) is 2.94. The van der Waals surface area contributed by atoms with Crippen LogP contribution in [-0.2, 0) is 27.3 Å². The number of methoxy groups -OCH3 is 1. The molecule has 0 unspecified atom stereocenters. The number of hydrogen-bond donors (Lipinski definition) is 0. The monoisotopic (exact) mass is 353 g/mol. The zero-order valence-electron chi connectivity index (χ0n) is 13.6. The van der Waals surface area contributed by atoms with Crippen molar-refractivity contribution in [2.75, 3.05) is 20.3 Å². The van der Waals surface area contributed by atoms with Gasteiger partial charge in [0.2, 0.25) is 0 Å². The molecule has 0 aliphatic carbocycles. The molecule has 2 aromatic rings. The molecule has 0 aromatic carbocycles. The Morgan fingerprint density at radius 3 is 2.65 bits per heavy atom. The summed E-state index contributed by atoms with van der Waals surface area (Å²) >= 11 is 3.44. The highest BCUT2D eigenvalue weighted by Crippen LogP contribution is 2.39. The average Bonchev–Trinajstić information content (AvgIpc) is 3.04. The summed E-state index contributed by atoms with van der Waals surface area (Å²) in [6.07, 6.45) is 0.569. The Bertz CT molecular complexity index is 658. The van der Waals surface area contributed by atoms with E-state index in [1.807, 2.05) is 6.92 Å². The van der Waals surface area contributed by atoms with Gasteiger partial charge in [0, 0.05) is 32.6 Å². The Hall–Kier alpha value is -1.21. The molecular weight excluding hydrogens is 332 g/mol. The van der Waals surface area contributed by atoms with Crippen molar-refractivity contribution >= 4 is 28.6 Å². The summed E-state index contributed by atoms with van der Waals surface area (Å²) in [6, 6.07) is 4.23. The first-order chi connectivity index (χ1) is 11.0. The topological polar surface area (TPSA) is 58.6 Å². The van der Waals surface area contributed by atoms with Crippen LogP contribution in [0.15, 0.2) is 12.1 Å². The van der Waals surface area contributed by atoms with Gasteiger partial charge in [-0.15, -0.1) is 22.7 Å². The van der Waals surface area contributed by atoms with E-state index in [0.29, 0.717) is 26.2 Å². The molecule has 2 aromatic heterocycles. The van der Waals surface area contributed by atoms with E-state index < -0.39 is 5.97 Å². The fourth-order valence-electron chi connectivity index (χ4n) is 2.30. The molecule has 4 nitrogen and oxygen atoms in total. The van der Waals surface area contributed by atoms with Crippen LogP contribution in [-0.4, -0.2) is 26.3 Å². The number of carboxylic acid groups (broad SMARTS) is 1. The van der Waals surface area contributed by atoms with Crippen molar-refractivity contribution in [1.29, 1.82) is 0 Å². The molecule has 2 rings (SSSR count). The van der Waals surface area contributed by atoms with Gasteiger partial charge in [0.05, 0.1) is 19.8 Å². The Balaban J connectivity index is 2.14. The zero-order chi connectivity index (χ0) is 16.8. The Morgan fingerprint density at radius 1 is 1.17 bits per heavy atom. The quantitative estimate of drug-likeness (QED) is 0.651. The number of carbonyl (C=O) groups is 1. The van der Waals surface area contributed by atoms with Crippen LogP contribution in [0.5, 0.6) is 0 Å². The van der Waals surface area contributed by atoms with Gasteiger partial charge in [-0.25, -0.2) is 0 Å². The maximum Gasteiger partial charge on any atom is 0.0728 e.